The normalized spacial score (nSPS) is 15.6. The fourth-order valence-corrected chi connectivity index (χ4v) is 4.07. The van der Waals surface area contributed by atoms with Crippen LogP contribution >= 0.6 is 0 Å². The van der Waals surface area contributed by atoms with Crippen LogP contribution in [0.4, 0.5) is 14.5 Å². The van der Waals surface area contributed by atoms with Crippen LogP contribution in [-0.4, -0.2) is 58.7 Å². The van der Waals surface area contributed by atoms with Crippen molar-refractivity contribution < 1.29 is 23.4 Å². The highest BCUT2D eigenvalue weighted by atomic mass is 19.3. The maximum atomic E-state index is 13.2. The van der Waals surface area contributed by atoms with Crippen molar-refractivity contribution >= 4 is 17.2 Å². The van der Waals surface area contributed by atoms with Crippen LogP contribution in [-0.2, 0) is 11.3 Å². The number of hydrogen-bond donors (Lipinski definition) is 2. The minimum atomic E-state index is -2.68. The Morgan fingerprint density at radius 3 is 2.78 bits per heavy atom. The number of carbonyl (C=O) groups excluding carboxylic acids is 1. The highest BCUT2D eigenvalue weighted by Gasteiger charge is 2.47. The predicted octanol–water partition coefficient (Wildman–Crippen LogP) is 3.81. The molecule has 0 unspecified atom stereocenters. The molecule has 10 nitrogen and oxygen atoms in total. The quantitative estimate of drug-likeness (QED) is 0.369. The number of amides is 1. The number of nitrogens with zero attached hydrogens (tertiary/aromatic N) is 6. The molecule has 1 fully saturated rings. The summed E-state index contributed by atoms with van der Waals surface area (Å²) in [5.74, 6) is -2.74. The molecule has 1 aliphatic carbocycles. The molecule has 0 bridgehead atoms. The van der Waals surface area contributed by atoms with Gasteiger partial charge in [0.15, 0.2) is 0 Å². The molecule has 4 aromatic rings. The molecule has 12 heteroatoms. The minimum absolute atomic E-state index is 0.195. The van der Waals surface area contributed by atoms with Crippen LogP contribution in [0.15, 0.2) is 42.7 Å². The van der Waals surface area contributed by atoms with Crippen LogP contribution in [0.1, 0.15) is 54.3 Å². The van der Waals surface area contributed by atoms with Crippen molar-refractivity contribution in [3.05, 3.63) is 59.5 Å². The molecule has 1 amide bonds. The molecule has 1 aromatic carbocycles. The summed E-state index contributed by atoms with van der Waals surface area (Å²) in [7, 11) is 0. The van der Waals surface area contributed by atoms with Crippen molar-refractivity contribution in [2.45, 2.75) is 57.8 Å². The van der Waals surface area contributed by atoms with Crippen molar-refractivity contribution in [1.82, 2.24) is 29.6 Å². The molecule has 0 radical (unpaired) electrons. The lowest BCUT2D eigenvalue weighted by molar-refractivity contribution is -0.110. The number of aryl methyl sites for hydroxylation is 1. The van der Waals surface area contributed by atoms with Gasteiger partial charge in [0.25, 0.3) is 11.8 Å². The highest BCUT2D eigenvalue weighted by Crippen LogP contribution is 2.44. The lowest BCUT2D eigenvalue weighted by Crippen LogP contribution is -2.38. The summed E-state index contributed by atoms with van der Waals surface area (Å²) in [6.07, 6.45) is 2.64. The van der Waals surface area contributed by atoms with E-state index in [1.54, 1.807) is 36.6 Å². The summed E-state index contributed by atoms with van der Waals surface area (Å²) < 4.78 is 33.6. The number of benzene rings is 1. The zero-order valence-electron chi connectivity index (χ0n) is 20.7. The third kappa shape index (κ3) is 5.49. The molecule has 37 heavy (non-hydrogen) atoms. The van der Waals surface area contributed by atoms with Crippen LogP contribution in [0.25, 0.3) is 17.0 Å². The molecule has 3 heterocycles. The lowest BCUT2D eigenvalue weighted by atomic mass is 9.89. The van der Waals surface area contributed by atoms with Gasteiger partial charge in [-0.15, -0.1) is 10.2 Å². The summed E-state index contributed by atoms with van der Waals surface area (Å²) in [6.45, 7) is 5.70. The van der Waals surface area contributed by atoms with E-state index in [0.29, 0.717) is 35.0 Å². The van der Waals surface area contributed by atoms with E-state index in [9.17, 15) is 18.7 Å². The third-order valence-electron chi connectivity index (χ3n) is 6.10. The average Bonchev–Trinajstić information content (AvgIpc) is 3.45. The van der Waals surface area contributed by atoms with Gasteiger partial charge in [0.05, 0.1) is 31.1 Å². The summed E-state index contributed by atoms with van der Waals surface area (Å²) in [6, 6.07) is 8.51. The van der Waals surface area contributed by atoms with Crippen molar-refractivity contribution in [3.8, 4) is 11.4 Å². The summed E-state index contributed by atoms with van der Waals surface area (Å²) in [5.41, 5.74) is 2.86. The molecule has 1 saturated carbocycles. The molecule has 2 N–H and O–H groups in total. The molecular weight excluding hydrogens is 484 g/mol. The number of rotatable bonds is 8. The number of aromatic nitrogens is 6. The van der Waals surface area contributed by atoms with E-state index in [1.165, 1.54) is 11.0 Å². The Morgan fingerprint density at radius 2 is 2.05 bits per heavy atom. The standard InChI is InChI=1S/C25H27F2N7O3/c1-15-4-5-17(22-30-32-34(31-22)18-10-25(26,27)11-18)9-19(15)29-23(35)20-12-28-21-8-16(6-7-33(20)21)13-37-14-24(2,3)36/h4-9,12,18,36H,10-11,13-14H2,1-3H3,(H,29,35). The van der Waals surface area contributed by atoms with E-state index in [4.69, 9.17) is 4.74 Å². The van der Waals surface area contributed by atoms with Gasteiger partial charge in [-0.1, -0.05) is 12.1 Å². The number of ether oxygens (including phenoxy) is 1. The highest BCUT2D eigenvalue weighted by molar-refractivity contribution is 6.04. The second kappa shape index (κ2) is 9.27. The Labute approximate surface area is 211 Å². The maximum absolute atomic E-state index is 13.2. The van der Waals surface area contributed by atoms with Gasteiger partial charge >= 0.3 is 0 Å². The largest absolute Gasteiger partial charge is 0.388 e. The van der Waals surface area contributed by atoms with Gasteiger partial charge in [0.1, 0.15) is 11.3 Å². The first-order valence-corrected chi connectivity index (χ1v) is 11.8. The van der Waals surface area contributed by atoms with Crippen LogP contribution in [0.3, 0.4) is 0 Å². The zero-order valence-corrected chi connectivity index (χ0v) is 20.7. The predicted molar refractivity (Wildman–Crippen MR) is 130 cm³/mol. The first kappa shape index (κ1) is 24.9. The lowest BCUT2D eigenvalue weighted by Gasteiger charge is -2.33. The Bertz CT molecular complexity index is 1450. The Hall–Kier alpha value is -3.77. The minimum Gasteiger partial charge on any atom is -0.388 e. The molecular formula is C25H27F2N7O3. The van der Waals surface area contributed by atoms with Crippen molar-refractivity contribution in [2.75, 3.05) is 11.9 Å². The fourth-order valence-electron chi connectivity index (χ4n) is 4.07. The first-order valence-electron chi connectivity index (χ1n) is 11.8. The average molecular weight is 512 g/mol. The smallest absolute Gasteiger partial charge is 0.274 e. The van der Waals surface area contributed by atoms with Gasteiger partial charge in [-0.25, -0.2) is 13.8 Å². The number of anilines is 1. The molecule has 1 aliphatic rings. The van der Waals surface area contributed by atoms with E-state index >= 15 is 0 Å². The van der Waals surface area contributed by atoms with Gasteiger partial charge < -0.3 is 15.2 Å². The van der Waals surface area contributed by atoms with Crippen molar-refractivity contribution in [3.63, 3.8) is 0 Å². The second-order valence-corrected chi connectivity index (χ2v) is 10.0. The van der Waals surface area contributed by atoms with Crippen LogP contribution in [0, 0.1) is 6.92 Å². The molecule has 194 valence electrons. The first-order chi connectivity index (χ1) is 17.5. The number of hydrogen-bond acceptors (Lipinski definition) is 7. The number of pyridine rings is 1. The number of alkyl halides is 2. The zero-order chi connectivity index (χ0) is 26.4. The van der Waals surface area contributed by atoms with E-state index in [-0.39, 0.29) is 25.4 Å². The van der Waals surface area contributed by atoms with E-state index in [0.717, 1.165) is 11.1 Å². The van der Waals surface area contributed by atoms with Gasteiger partial charge in [-0.3, -0.25) is 9.20 Å². The maximum Gasteiger partial charge on any atom is 0.274 e. The number of imidazole rings is 1. The third-order valence-corrected chi connectivity index (χ3v) is 6.10. The van der Waals surface area contributed by atoms with Gasteiger partial charge in [-0.2, -0.15) is 4.80 Å². The second-order valence-electron chi connectivity index (χ2n) is 10.0. The number of aliphatic hydroxyl groups is 1. The SMILES string of the molecule is Cc1ccc(-c2nnn(C3CC(F)(F)C3)n2)cc1NC(=O)c1cnc2cc(COCC(C)(C)O)ccn12. The monoisotopic (exact) mass is 511 g/mol. The Kier molecular flexibility index (Phi) is 6.24. The van der Waals surface area contributed by atoms with Gasteiger partial charge in [0.2, 0.25) is 5.82 Å². The molecule has 0 aliphatic heterocycles. The number of tetrazole rings is 1. The number of halogens is 2. The van der Waals surface area contributed by atoms with Crippen LogP contribution in [0.5, 0.6) is 0 Å². The van der Waals surface area contributed by atoms with E-state index in [2.05, 4.69) is 25.7 Å². The summed E-state index contributed by atoms with van der Waals surface area (Å²) >= 11 is 0. The van der Waals surface area contributed by atoms with Gasteiger partial charge in [0, 0.05) is 30.3 Å². The Balaban J connectivity index is 1.30. The number of nitrogens with one attached hydrogen (secondary N) is 1. The number of carbonyl (C=O) groups is 1. The Morgan fingerprint density at radius 1 is 1.27 bits per heavy atom. The van der Waals surface area contributed by atoms with E-state index in [1.807, 2.05) is 25.1 Å². The van der Waals surface area contributed by atoms with E-state index < -0.39 is 17.6 Å². The summed E-state index contributed by atoms with van der Waals surface area (Å²) in [4.78, 5) is 18.7. The molecule has 0 spiro atoms. The number of fused-ring (bicyclic) bond motifs is 1. The topological polar surface area (TPSA) is 119 Å². The molecule has 3 aromatic heterocycles. The van der Waals surface area contributed by atoms with Gasteiger partial charge in [-0.05, 0) is 55.3 Å². The van der Waals surface area contributed by atoms with Crippen molar-refractivity contribution in [1.29, 1.82) is 0 Å². The van der Waals surface area contributed by atoms with Crippen molar-refractivity contribution in [2.24, 2.45) is 0 Å². The fraction of sp³-hybridized carbons (Fsp3) is 0.400. The van der Waals surface area contributed by atoms with Crippen LogP contribution < -0.4 is 5.32 Å². The molecule has 0 saturated heterocycles. The van der Waals surface area contributed by atoms with Crippen LogP contribution in [0.2, 0.25) is 0 Å². The molecule has 5 rings (SSSR count). The summed E-state index contributed by atoms with van der Waals surface area (Å²) in [5, 5.41) is 24.9. The molecule has 0 atom stereocenters.